The number of pyridine rings is 1. The highest BCUT2D eigenvalue weighted by Gasteiger charge is 2.21. The van der Waals surface area contributed by atoms with Crippen molar-refractivity contribution in [2.24, 2.45) is 0 Å². The molecule has 2 rings (SSSR count). The lowest BCUT2D eigenvalue weighted by Crippen LogP contribution is -2.38. The molecule has 17 heavy (non-hydrogen) atoms. The highest BCUT2D eigenvalue weighted by Crippen LogP contribution is 2.26. The van der Waals surface area contributed by atoms with Crippen molar-refractivity contribution in [3.8, 4) is 0 Å². The standard InChI is InChI=1S/C13H18Cl2N2/c14-8-9-17(12-4-2-1-3-5-12)13-7-6-11(15)10-16-13/h6-7,10,12H,1-5,8-9H2. The Hall–Kier alpha value is -0.470. The van der Waals surface area contributed by atoms with Crippen molar-refractivity contribution in [1.29, 1.82) is 0 Å². The Balaban J connectivity index is 2.12. The number of hydrogen-bond donors (Lipinski definition) is 0. The average molecular weight is 273 g/mol. The van der Waals surface area contributed by atoms with E-state index in [-0.39, 0.29) is 0 Å². The van der Waals surface area contributed by atoms with Crippen LogP contribution in [0.15, 0.2) is 18.3 Å². The Morgan fingerprint density at radius 2 is 2.00 bits per heavy atom. The summed E-state index contributed by atoms with van der Waals surface area (Å²) in [5, 5.41) is 0.684. The lowest BCUT2D eigenvalue weighted by atomic mass is 9.94. The summed E-state index contributed by atoms with van der Waals surface area (Å²) < 4.78 is 0. The van der Waals surface area contributed by atoms with Gasteiger partial charge in [0.2, 0.25) is 0 Å². The van der Waals surface area contributed by atoms with Crippen LogP contribution < -0.4 is 4.90 Å². The molecule has 1 aromatic rings. The van der Waals surface area contributed by atoms with Crippen LogP contribution in [0, 0.1) is 0 Å². The van der Waals surface area contributed by atoms with Gasteiger partial charge >= 0.3 is 0 Å². The van der Waals surface area contributed by atoms with Crippen LogP contribution in [0.5, 0.6) is 0 Å². The Bertz CT molecular complexity index is 334. The molecule has 0 aliphatic heterocycles. The summed E-state index contributed by atoms with van der Waals surface area (Å²) in [6.45, 7) is 0.862. The Kier molecular flexibility index (Phi) is 4.93. The number of alkyl halides is 1. The predicted molar refractivity (Wildman–Crippen MR) is 74.2 cm³/mol. The smallest absolute Gasteiger partial charge is 0.128 e. The minimum absolute atomic E-state index is 0.594. The fraction of sp³-hybridized carbons (Fsp3) is 0.615. The van der Waals surface area contributed by atoms with Gasteiger partial charge in [-0.1, -0.05) is 30.9 Å². The maximum absolute atomic E-state index is 5.90. The van der Waals surface area contributed by atoms with Gasteiger partial charge in [0.05, 0.1) is 5.02 Å². The summed E-state index contributed by atoms with van der Waals surface area (Å²) in [4.78, 5) is 6.74. The summed E-state index contributed by atoms with van der Waals surface area (Å²) in [7, 11) is 0. The first-order valence-electron chi connectivity index (χ1n) is 6.25. The first kappa shape index (κ1) is 13.0. The molecule has 1 fully saturated rings. The van der Waals surface area contributed by atoms with Crippen LogP contribution in [-0.2, 0) is 0 Å². The van der Waals surface area contributed by atoms with E-state index >= 15 is 0 Å². The summed E-state index contributed by atoms with van der Waals surface area (Å²) in [5.41, 5.74) is 0. The highest BCUT2D eigenvalue weighted by atomic mass is 35.5. The molecule has 2 nitrogen and oxygen atoms in total. The van der Waals surface area contributed by atoms with E-state index in [4.69, 9.17) is 23.2 Å². The summed E-state index contributed by atoms with van der Waals surface area (Å²) in [5.74, 6) is 1.64. The number of halogens is 2. The van der Waals surface area contributed by atoms with Crippen LogP contribution in [0.3, 0.4) is 0 Å². The van der Waals surface area contributed by atoms with Crippen LogP contribution in [0.1, 0.15) is 32.1 Å². The normalized spacial score (nSPS) is 17.1. The lowest BCUT2D eigenvalue weighted by Gasteiger charge is -2.34. The number of anilines is 1. The Labute approximate surface area is 113 Å². The van der Waals surface area contributed by atoms with Gasteiger partial charge in [0.25, 0.3) is 0 Å². The monoisotopic (exact) mass is 272 g/mol. The fourth-order valence-electron chi connectivity index (χ4n) is 2.51. The zero-order valence-electron chi connectivity index (χ0n) is 9.91. The molecule has 1 saturated carbocycles. The molecule has 0 radical (unpaired) electrons. The first-order chi connectivity index (χ1) is 8.31. The van der Waals surface area contributed by atoms with Crippen LogP contribution >= 0.6 is 23.2 Å². The molecule has 0 saturated heterocycles. The van der Waals surface area contributed by atoms with Gasteiger partial charge in [-0.05, 0) is 25.0 Å². The van der Waals surface area contributed by atoms with E-state index in [1.54, 1.807) is 6.20 Å². The van der Waals surface area contributed by atoms with Crippen molar-refractivity contribution in [2.45, 2.75) is 38.1 Å². The maximum atomic E-state index is 5.90. The molecule has 0 atom stereocenters. The molecular formula is C13H18Cl2N2. The van der Waals surface area contributed by atoms with Gasteiger partial charge in [0.1, 0.15) is 5.82 Å². The third-order valence-electron chi connectivity index (χ3n) is 3.35. The van der Waals surface area contributed by atoms with E-state index in [1.807, 2.05) is 12.1 Å². The minimum atomic E-state index is 0.594. The molecule has 1 heterocycles. The fourth-order valence-corrected chi connectivity index (χ4v) is 2.80. The van der Waals surface area contributed by atoms with E-state index in [0.717, 1.165) is 12.4 Å². The zero-order chi connectivity index (χ0) is 12.1. The van der Waals surface area contributed by atoms with E-state index in [2.05, 4.69) is 9.88 Å². The van der Waals surface area contributed by atoms with Crippen LogP contribution in [0.4, 0.5) is 5.82 Å². The summed E-state index contributed by atoms with van der Waals surface area (Å²) in [6, 6.07) is 4.48. The van der Waals surface area contributed by atoms with E-state index in [1.165, 1.54) is 32.1 Å². The van der Waals surface area contributed by atoms with Gasteiger partial charge in [-0.25, -0.2) is 4.98 Å². The van der Waals surface area contributed by atoms with Crippen LogP contribution in [0.2, 0.25) is 5.02 Å². The van der Waals surface area contributed by atoms with Gasteiger partial charge in [-0.15, -0.1) is 11.6 Å². The van der Waals surface area contributed by atoms with Gasteiger partial charge < -0.3 is 4.90 Å². The molecule has 0 spiro atoms. The van der Waals surface area contributed by atoms with Gasteiger partial charge in [-0.3, -0.25) is 0 Å². The molecule has 1 aliphatic rings. The molecule has 1 aliphatic carbocycles. The maximum Gasteiger partial charge on any atom is 0.128 e. The number of nitrogens with zero attached hydrogens (tertiary/aromatic N) is 2. The highest BCUT2D eigenvalue weighted by molar-refractivity contribution is 6.30. The molecule has 0 aromatic carbocycles. The number of hydrogen-bond acceptors (Lipinski definition) is 2. The zero-order valence-corrected chi connectivity index (χ0v) is 11.4. The lowest BCUT2D eigenvalue weighted by molar-refractivity contribution is 0.417. The van der Waals surface area contributed by atoms with Crippen molar-refractivity contribution in [2.75, 3.05) is 17.3 Å². The summed E-state index contributed by atoms with van der Waals surface area (Å²) >= 11 is 11.8. The van der Waals surface area contributed by atoms with E-state index < -0.39 is 0 Å². The average Bonchev–Trinajstić information content (AvgIpc) is 2.38. The number of aromatic nitrogens is 1. The van der Waals surface area contributed by atoms with Gasteiger partial charge in [0.15, 0.2) is 0 Å². The molecular weight excluding hydrogens is 255 g/mol. The third kappa shape index (κ3) is 3.49. The van der Waals surface area contributed by atoms with Crippen molar-refractivity contribution in [1.82, 2.24) is 4.98 Å². The predicted octanol–water partition coefficient (Wildman–Crippen LogP) is 4.11. The van der Waals surface area contributed by atoms with E-state index in [9.17, 15) is 0 Å². The van der Waals surface area contributed by atoms with E-state index in [0.29, 0.717) is 16.9 Å². The topological polar surface area (TPSA) is 16.1 Å². The Morgan fingerprint density at radius 3 is 2.59 bits per heavy atom. The quantitative estimate of drug-likeness (QED) is 0.767. The van der Waals surface area contributed by atoms with Crippen molar-refractivity contribution >= 4 is 29.0 Å². The molecule has 94 valence electrons. The molecule has 0 N–H and O–H groups in total. The first-order valence-corrected chi connectivity index (χ1v) is 7.16. The van der Waals surface area contributed by atoms with Gasteiger partial charge in [-0.2, -0.15) is 0 Å². The Morgan fingerprint density at radius 1 is 1.24 bits per heavy atom. The molecule has 0 unspecified atom stereocenters. The second kappa shape index (κ2) is 6.46. The number of rotatable bonds is 4. The second-order valence-corrected chi connectivity index (χ2v) is 5.32. The van der Waals surface area contributed by atoms with Crippen molar-refractivity contribution < 1.29 is 0 Å². The van der Waals surface area contributed by atoms with Crippen molar-refractivity contribution in [3.05, 3.63) is 23.4 Å². The minimum Gasteiger partial charge on any atom is -0.352 e. The molecule has 0 amide bonds. The molecule has 4 heteroatoms. The molecule has 0 bridgehead atoms. The summed E-state index contributed by atoms with van der Waals surface area (Å²) in [6.07, 6.45) is 8.21. The second-order valence-electron chi connectivity index (χ2n) is 4.51. The third-order valence-corrected chi connectivity index (χ3v) is 3.74. The van der Waals surface area contributed by atoms with Crippen LogP contribution in [0.25, 0.3) is 0 Å². The van der Waals surface area contributed by atoms with Gasteiger partial charge in [0, 0.05) is 24.7 Å². The molecule has 1 aromatic heterocycles. The van der Waals surface area contributed by atoms with Crippen molar-refractivity contribution in [3.63, 3.8) is 0 Å². The largest absolute Gasteiger partial charge is 0.352 e. The SMILES string of the molecule is ClCCN(c1ccc(Cl)cn1)C1CCCCC1. The van der Waals surface area contributed by atoms with Crippen LogP contribution in [-0.4, -0.2) is 23.5 Å².